The van der Waals surface area contributed by atoms with Crippen LogP contribution in [-0.2, 0) is 0 Å². The Hall–Kier alpha value is -3.03. The molecule has 0 spiro atoms. The van der Waals surface area contributed by atoms with E-state index >= 15 is 0 Å². The van der Waals surface area contributed by atoms with Crippen LogP contribution in [-0.4, -0.2) is 36.1 Å². The van der Waals surface area contributed by atoms with Crippen LogP contribution in [0.5, 0.6) is 0 Å². The average Bonchev–Trinajstić information content (AvgIpc) is 3.13. The molecule has 8 nitrogen and oxygen atoms in total. The number of hydrogen-bond donors (Lipinski definition) is 2. The Labute approximate surface area is 107 Å². The van der Waals surface area contributed by atoms with Gasteiger partial charge in [-0.25, -0.2) is 4.98 Å². The van der Waals surface area contributed by atoms with Gasteiger partial charge in [-0.05, 0) is 23.4 Å². The molecule has 0 radical (unpaired) electrons. The largest absolute Gasteiger partial charge is 0.319 e. The molecule has 0 saturated heterocycles. The molecule has 94 valence electrons. The first-order valence-electron chi connectivity index (χ1n) is 5.46. The number of carbonyl (C=O) groups is 1. The molecule has 19 heavy (non-hydrogen) atoms. The number of aromatic amines is 1. The van der Waals surface area contributed by atoms with Crippen LogP contribution < -0.4 is 5.32 Å². The highest BCUT2D eigenvalue weighted by atomic mass is 16.2. The Bertz CT molecular complexity index is 675. The molecule has 8 heteroatoms. The van der Waals surface area contributed by atoms with Crippen LogP contribution in [0.15, 0.2) is 43.0 Å². The molecule has 0 aliphatic rings. The molecule has 2 N–H and O–H groups in total. The molecule has 0 aliphatic carbocycles. The Morgan fingerprint density at radius 1 is 1.37 bits per heavy atom. The maximum absolute atomic E-state index is 11.8. The second-order valence-corrected chi connectivity index (χ2v) is 3.71. The monoisotopic (exact) mass is 255 g/mol. The van der Waals surface area contributed by atoms with Crippen LogP contribution in [0, 0.1) is 0 Å². The van der Waals surface area contributed by atoms with Gasteiger partial charge in [-0.3, -0.25) is 4.79 Å². The summed E-state index contributed by atoms with van der Waals surface area (Å²) in [7, 11) is 0. The maximum Gasteiger partial charge on any atom is 0.297 e. The molecule has 2 heterocycles. The summed E-state index contributed by atoms with van der Waals surface area (Å²) >= 11 is 0. The molecule has 3 rings (SSSR count). The predicted octanol–water partition coefficient (Wildman–Crippen LogP) is 0.638. The standard InChI is InChI=1S/C11H9N7O/c19-11(10-14-16-17-15-10)13-8-2-1-3-9(6-8)18-5-4-12-7-18/h1-7H,(H,13,19)(H,14,15,16,17). The van der Waals surface area contributed by atoms with Gasteiger partial charge in [-0.1, -0.05) is 6.07 Å². The highest BCUT2D eigenvalue weighted by molar-refractivity contribution is 6.01. The van der Waals surface area contributed by atoms with Crippen molar-refractivity contribution in [2.75, 3.05) is 5.32 Å². The minimum absolute atomic E-state index is 0.00645. The summed E-state index contributed by atoms with van der Waals surface area (Å²) in [6.07, 6.45) is 5.19. The lowest BCUT2D eigenvalue weighted by atomic mass is 10.2. The van der Waals surface area contributed by atoms with Crippen molar-refractivity contribution in [2.24, 2.45) is 0 Å². The lowest BCUT2D eigenvalue weighted by Gasteiger charge is -2.06. The highest BCUT2D eigenvalue weighted by Crippen LogP contribution is 2.14. The summed E-state index contributed by atoms with van der Waals surface area (Å²) in [4.78, 5) is 15.7. The zero-order valence-corrected chi connectivity index (χ0v) is 9.69. The molecular weight excluding hydrogens is 246 g/mol. The normalized spacial score (nSPS) is 10.3. The average molecular weight is 255 g/mol. The molecular formula is C11H9N7O. The number of aromatic nitrogens is 6. The summed E-state index contributed by atoms with van der Waals surface area (Å²) in [5.41, 5.74) is 1.53. The summed E-state index contributed by atoms with van der Waals surface area (Å²) in [5, 5.41) is 15.5. The van der Waals surface area contributed by atoms with E-state index < -0.39 is 5.91 Å². The number of amides is 1. The zero-order chi connectivity index (χ0) is 13.1. The van der Waals surface area contributed by atoms with E-state index in [1.807, 2.05) is 29.0 Å². The fourth-order valence-electron chi connectivity index (χ4n) is 1.60. The molecule has 3 aromatic rings. The van der Waals surface area contributed by atoms with Gasteiger partial charge in [0.2, 0.25) is 0 Å². The van der Waals surface area contributed by atoms with E-state index in [4.69, 9.17) is 0 Å². The summed E-state index contributed by atoms with van der Waals surface area (Å²) in [6, 6.07) is 7.34. The number of imidazole rings is 1. The van der Waals surface area contributed by atoms with Gasteiger partial charge in [0.25, 0.3) is 11.7 Å². The molecule has 1 amide bonds. The zero-order valence-electron chi connectivity index (χ0n) is 9.69. The van der Waals surface area contributed by atoms with Crippen molar-refractivity contribution in [3.05, 3.63) is 48.8 Å². The second-order valence-electron chi connectivity index (χ2n) is 3.71. The summed E-state index contributed by atoms with van der Waals surface area (Å²) < 4.78 is 1.84. The SMILES string of the molecule is O=C(Nc1cccc(-n2ccnc2)c1)c1nn[nH]n1. The first-order chi connectivity index (χ1) is 9.33. The van der Waals surface area contributed by atoms with Crippen LogP contribution in [0.1, 0.15) is 10.6 Å². The number of anilines is 1. The molecule has 0 bridgehead atoms. The third-order valence-electron chi connectivity index (χ3n) is 2.46. The number of rotatable bonds is 3. The van der Waals surface area contributed by atoms with Crippen molar-refractivity contribution < 1.29 is 4.79 Å². The fourth-order valence-corrected chi connectivity index (χ4v) is 1.60. The smallest absolute Gasteiger partial charge is 0.297 e. The van der Waals surface area contributed by atoms with E-state index in [0.29, 0.717) is 5.69 Å². The molecule has 0 atom stereocenters. The van der Waals surface area contributed by atoms with Crippen molar-refractivity contribution in [3.8, 4) is 5.69 Å². The predicted molar refractivity (Wildman–Crippen MR) is 65.7 cm³/mol. The first-order valence-corrected chi connectivity index (χ1v) is 5.46. The van der Waals surface area contributed by atoms with E-state index in [9.17, 15) is 4.79 Å². The number of nitrogens with zero attached hydrogens (tertiary/aromatic N) is 5. The number of tetrazole rings is 1. The van der Waals surface area contributed by atoms with E-state index in [1.165, 1.54) is 0 Å². The molecule has 0 aliphatic heterocycles. The number of hydrogen-bond acceptors (Lipinski definition) is 5. The van der Waals surface area contributed by atoms with Gasteiger partial charge in [0.15, 0.2) is 0 Å². The van der Waals surface area contributed by atoms with Crippen LogP contribution in [0.4, 0.5) is 5.69 Å². The minimum Gasteiger partial charge on any atom is -0.319 e. The van der Waals surface area contributed by atoms with Crippen LogP contribution in [0.3, 0.4) is 0 Å². The number of H-pyrrole nitrogens is 1. The van der Waals surface area contributed by atoms with Crippen molar-refractivity contribution >= 4 is 11.6 Å². The lowest BCUT2D eigenvalue weighted by Crippen LogP contribution is -2.14. The maximum atomic E-state index is 11.8. The van der Waals surface area contributed by atoms with Crippen LogP contribution in [0.2, 0.25) is 0 Å². The van der Waals surface area contributed by atoms with Crippen molar-refractivity contribution in [2.45, 2.75) is 0 Å². The molecule has 0 unspecified atom stereocenters. The fraction of sp³-hybridized carbons (Fsp3) is 0. The van der Waals surface area contributed by atoms with E-state index in [0.717, 1.165) is 5.69 Å². The Balaban J connectivity index is 1.82. The van der Waals surface area contributed by atoms with Gasteiger partial charge in [0.05, 0.1) is 6.33 Å². The van der Waals surface area contributed by atoms with Crippen LogP contribution in [0.25, 0.3) is 5.69 Å². The molecule has 1 aromatic carbocycles. The van der Waals surface area contributed by atoms with Crippen LogP contribution >= 0.6 is 0 Å². The van der Waals surface area contributed by atoms with Gasteiger partial charge in [-0.15, -0.1) is 10.2 Å². The number of benzene rings is 1. The molecule has 0 saturated carbocycles. The van der Waals surface area contributed by atoms with Gasteiger partial charge in [-0.2, -0.15) is 5.21 Å². The Morgan fingerprint density at radius 3 is 3.05 bits per heavy atom. The first kappa shape index (κ1) is 11.1. The van der Waals surface area contributed by atoms with Crippen molar-refractivity contribution in [3.63, 3.8) is 0 Å². The van der Waals surface area contributed by atoms with E-state index in [2.05, 4.69) is 30.9 Å². The summed E-state index contributed by atoms with van der Waals surface area (Å²) in [6.45, 7) is 0. The van der Waals surface area contributed by atoms with Crippen molar-refractivity contribution in [1.82, 2.24) is 30.2 Å². The second kappa shape index (κ2) is 4.69. The van der Waals surface area contributed by atoms with Gasteiger partial charge in [0, 0.05) is 23.8 Å². The Morgan fingerprint density at radius 2 is 2.32 bits per heavy atom. The van der Waals surface area contributed by atoms with Gasteiger partial charge >= 0.3 is 0 Å². The number of nitrogens with one attached hydrogen (secondary N) is 2. The molecule has 2 aromatic heterocycles. The number of carbonyl (C=O) groups excluding carboxylic acids is 1. The quantitative estimate of drug-likeness (QED) is 0.715. The summed E-state index contributed by atoms with van der Waals surface area (Å²) in [5.74, 6) is -0.426. The van der Waals surface area contributed by atoms with Gasteiger partial charge in [0.1, 0.15) is 0 Å². The van der Waals surface area contributed by atoms with Gasteiger partial charge < -0.3 is 9.88 Å². The Kier molecular flexibility index (Phi) is 2.73. The van der Waals surface area contributed by atoms with Crippen molar-refractivity contribution in [1.29, 1.82) is 0 Å². The third-order valence-corrected chi connectivity index (χ3v) is 2.46. The topological polar surface area (TPSA) is 101 Å². The third kappa shape index (κ3) is 2.32. The molecule has 0 fully saturated rings. The van der Waals surface area contributed by atoms with E-state index in [1.54, 1.807) is 18.6 Å². The highest BCUT2D eigenvalue weighted by Gasteiger charge is 2.10. The minimum atomic E-state index is -0.420. The lowest BCUT2D eigenvalue weighted by molar-refractivity contribution is 0.101. The van der Waals surface area contributed by atoms with E-state index in [-0.39, 0.29) is 5.82 Å².